The summed E-state index contributed by atoms with van der Waals surface area (Å²) >= 11 is 0. The van der Waals surface area contributed by atoms with Gasteiger partial charge in [-0.1, -0.05) is 6.07 Å². The van der Waals surface area contributed by atoms with Crippen LogP contribution < -0.4 is 10.1 Å². The zero-order valence-electron chi connectivity index (χ0n) is 13.7. The molecule has 0 aliphatic heterocycles. The molecule has 1 N–H and O–H groups in total. The van der Waals surface area contributed by atoms with Gasteiger partial charge in [0.05, 0.1) is 13.2 Å². The van der Waals surface area contributed by atoms with E-state index in [9.17, 15) is 9.18 Å². The Labute approximate surface area is 126 Å². The molecular formula is C16H25FN2O2. The number of carbonyl (C=O) groups is 1. The molecule has 5 heteroatoms. The number of methoxy groups -OCH3 is 1. The van der Waals surface area contributed by atoms with E-state index in [2.05, 4.69) is 5.32 Å². The molecule has 1 rings (SSSR count). The molecule has 0 fully saturated rings. The fourth-order valence-electron chi connectivity index (χ4n) is 1.91. The summed E-state index contributed by atoms with van der Waals surface area (Å²) in [5, 5.41) is 2.94. The number of ether oxygens (including phenoxy) is 1. The van der Waals surface area contributed by atoms with Crippen molar-refractivity contribution < 1.29 is 13.9 Å². The fourth-order valence-corrected chi connectivity index (χ4v) is 1.91. The molecule has 4 nitrogen and oxygen atoms in total. The highest BCUT2D eigenvalue weighted by Crippen LogP contribution is 2.19. The minimum absolute atomic E-state index is 0.0426. The lowest BCUT2D eigenvalue weighted by molar-refractivity contribution is -0.127. The Balaban J connectivity index is 2.70. The molecule has 0 bridgehead atoms. The van der Waals surface area contributed by atoms with Gasteiger partial charge in [-0.15, -0.1) is 0 Å². The standard InChI is InChI=1S/C16H25FN2O2/c1-11(15(20)18-16(2,3)4)19(5)10-12-7-8-14(21-6)13(17)9-12/h7-9,11H,10H2,1-6H3,(H,18,20). The topological polar surface area (TPSA) is 41.6 Å². The third kappa shape index (κ3) is 5.34. The summed E-state index contributed by atoms with van der Waals surface area (Å²) in [6, 6.07) is 4.53. The van der Waals surface area contributed by atoms with Gasteiger partial charge in [-0.05, 0) is 52.4 Å². The Hall–Kier alpha value is -1.62. The van der Waals surface area contributed by atoms with Gasteiger partial charge in [0.25, 0.3) is 0 Å². The summed E-state index contributed by atoms with van der Waals surface area (Å²) < 4.78 is 18.6. The number of benzene rings is 1. The molecular weight excluding hydrogens is 271 g/mol. The molecule has 1 aromatic rings. The Kier molecular flexibility index (Phi) is 5.72. The largest absolute Gasteiger partial charge is 0.494 e. The third-order valence-electron chi connectivity index (χ3n) is 3.19. The van der Waals surface area contributed by atoms with E-state index in [0.29, 0.717) is 6.54 Å². The number of hydrogen-bond acceptors (Lipinski definition) is 3. The SMILES string of the molecule is COc1ccc(CN(C)C(C)C(=O)NC(C)(C)C)cc1F. The molecule has 118 valence electrons. The van der Waals surface area contributed by atoms with E-state index in [1.54, 1.807) is 12.1 Å². The average molecular weight is 296 g/mol. The van der Waals surface area contributed by atoms with E-state index < -0.39 is 5.82 Å². The highest BCUT2D eigenvalue weighted by atomic mass is 19.1. The smallest absolute Gasteiger partial charge is 0.237 e. The van der Waals surface area contributed by atoms with Gasteiger partial charge in [-0.25, -0.2) is 4.39 Å². The quantitative estimate of drug-likeness (QED) is 0.908. The fraction of sp³-hybridized carbons (Fsp3) is 0.562. The van der Waals surface area contributed by atoms with Crippen LogP contribution in [0, 0.1) is 5.82 Å². The van der Waals surface area contributed by atoms with Gasteiger partial charge in [-0.3, -0.25) is 9.69 Å². The molecule has 0 saturated carbocycles. The highest BCUT2D eigenvalue weighted by Gasteiger charge is 2.22. The average Bonchev–Trinajstić information content (AvgIpc) is 2.36. The summed E-state index contributed by atoms with van der Waals surface area (Å²) in [5.74, 6) is -0.214. The van der Waals surface area contributed by atoms with E-state index in [0.717, 1.165) is 5.56 Å². The Bertz CT molecular complexity index is 498. The normalized spacial score (nSPS) is 13.1. The van der Waals surface area contributed by atoms with Crippen LogP contribution in [0.25, 0.3) is 0 Å². The molecule has 0 aromatic heterocycles. The summed E-state index contributed by atoms with van der Waals surface area (Å²) in [4.78, 5) is 14.0. The van der Waals surface area contributed by atoms with Crippen LogP contribution in [0.3, 0.4) is 0 Å². The zero-order chi connectivity index (χ0) is 16.2. The van der Waals surface area contributed by atoms with Crippen LogP contribution >= 0.6 is 0 Å². The Morgan fingerprint density at radius 1 is 1.43 bits per heavy atom. The summed E-state index contributed by atoms with van der Waals surface area (Å²) in [5.41, 5.74) is 0.532. The maximum Gasteiger partial charge on any atom is 0.237 e. The maximum atomic E-state index is 13.7. The van der Waals surface area contributed by atoms with Crippen molar-refractivity contribution in [1.82, 2.24) is 10.2 Å². The van der Waals surface area contributed by atoms with Crippen molar-refractivity contribution in [3.63, 3.8) is 0 Å². The van der Waals surface area contributed by atoms with Gasteiger partial charge in [0.1, 0.15) is 0 Å². The van der Waals surface area contributed by atoms with Crippen molar-refractivity contribution >= 4 is 5.91 Å². The van der Waals surface area contributed by atoms with Crippen LogP contribution in [0.5, 0.6) is 5.75 Å². The number of carbonyl (C=O) groups excluding carboxylic acids is 1. The number of halogens is 1. The summed E-state index contributed by atoms with van der Waals surface area (Å²) in [6.45, 7) is 8.14. The van der Waals surface area contributed by atoms with Crippen molar-refractivity contribution in [3.8, 4) is 5.75 Å². The molecule has 0 spiro atoms. The lowest BCUT2D eigenvalue weighted by atomic mass is 10.1. The van der Waals surface area contributed by atoms with Crippen LogP contribution in [0.1, 0.15) is 33.3 Å². The molecule has 1 aromatic carbocycles. The van der Waals surface area contributed by atoms with Crippen LogP contribution in [0.15, 0.2) is 18.2 Å². The highest BCUT2D eigenvalue weighted by molar-refractivity contribution is 5.81. The van der Waals surface area contributed by atoms with Crippen LogP contribution in [-0.4, -0.2) is 36.5 Å². The van der Waals surface area contributed by atoms with Crippen molar-refractivity contribution in [2.75, 3.05) is 14.2 Å². The molecule has 0 radical (unpaired) electrons. The van der Waals surface area contributed by atoms with E-state index in [1.807, 2.05) is 39.6 Å². The third-order valence-corrected chi connectivity index (χ3v) is 3.19. The Morgan fingerprint density at radius 3 is 2.52 bits per heavy atom. The molecule has 0 saturated heterocycles. The first-order valence-electron chi connectivity index (χ1n) is 6.98. The van der Waals surface area contributed by atoms with Crippen molar-refractivity contribution in [2.24, 2.45) is 0 Å². The van der Waals surface area contributed by atoms with E-state index in [4.69, 9.17) is 4.74 Å². The summed E-state index contributed by atoms with van der Waals surface area (Å²) in [6.07, 6.45) is 0. The van der Waals surface area contributed by atoms with E-state index in [-0.39, 0.29) is 23.2 Å². The lowest BCUT2D eigenvalue weighted by Crippen LogP contribution is -2.49. The van der Waals surface area contributed by atoms with Gasteiger partial charge >= 0.3 is 0 Å². The molecule has 1 amide bonds. The lowest BCUT2D eigenvalue weighted by Gasteiger charge is -2.28. The number of nitrogens with one attached hydrogen (secondary N) is 1. The predicted octanol–water partition coefficient (Wildman–Crippen LogP) is 2.57. The number of likely N-dealkylation sites (N-methyl/N-ethyl adjacent to an activating group) is 1. The predicted molar refractivity (Wildman–Crippen MR) is 81.8 cm³/mol. The summed E-state index contributed by atoms with van der Waals surface area (Å²) in [7, 11) is 3.28. The first-order chi connectivity index (χ1) is 9.64. The second-order valence-electron chi connectivity index (χ2n) is 6.30. The van der Waals surface area contributed by atoms with Gasteiger partial charge in [0.2, 0.25) is 5.91 Å². The minimum atomic E-state index is -0.393. The van der Waals surface area contributed by atoms with Gasteiger partial charge in [0, 0.05) is 12.1 Å². The monoisotopic (exact) mass is 296 g/mol. The molecule has 0 aliphatic carbocycles. The molecule has 1 atom stereocenters. The number of nitrogens with zero attached hydrogens (tertiary/aromatic N) is 1. The van der Waals surface area contributed by atoms with Crippen LogP contribution in [0.4, 0.5) is 4.39 Å². The Morgan fingerprint density at radius 2 is 2.05 bits per heavy atom. The molecule has 0 aliphatic rings. The van der Waals surface area contributed by atoms with Gasteiger partial charge in [-0.2, -0.15) is 0 Å². The van der Waals surface area contributed by atoms with Crippen molar-refractivity contribution in [2.45, 2.75) is 45.8 Å². The first-order valence-corrected chi connectivity index (χ1v) is 6.98. The second-order valence-corrected chi connectivity index (χ2v) is 6.30. The van der Waals surface area contributed by atoms with Gasteiger partial charge < -0.3 is 10.1 Å². The zero-order valence-corrected chi connectivity index (χ0v) is 13.7. The number of rotatable bonds is 5. The van der Waals surface area contributed by atoms with Gasteiger partial charge in [0.15, 0.2) is 11.6 Å². The van der Waals surface area contributed by atoms with Crippen LogP contribution in [0.2, 0.25) is 0 Å². The first kappa shape index (κ1) is 17.4. The number of amides is 1. The van der Waals surface area contributed by atoms with E-state index >= 15 is 0 Å². The maximum absolute atomic E-state index is 13.7. The molecule has 0 heterocycles. The number of hydrogen-bond donors (Lipinski definition) is 1. The van der Waals surface area contributed by atoms with Crippen molar-refractivity contribution in [1.29, 1.82) is 0 Å². The van der Waals surface area contributed by atoms with Crippen LogP contribution in [-0.2, 0) is 11.3 Å². The van der Waals surface area contributed by atoms with E-state index in [1.165, 1.54) is 13.2 Å². The van der Waals surface area contributed by atoms with Crippen molar-refractivity contribution in [3.05, 3.63) is 29.6 Å². The minimum Gasteiger partial charge on any atom is -0.494 e. The second kappa shape index (κ2) is 6.89. The molecule has 1 unspecified atom stereocenters. The molecule has 21 heavy (non-hydrogen) atoms.